The zero-order chi connectivity index (χ0) is 28.0. The fourth-order valence-corrected chi connectivity index (χ4v) is 5.25. The predicted molar refractivity (Wildman–Crippen MR) is 155 cm³/mol. The fourth-order valence-electron chi connectivity index (χ4n) is 4.87. The van der Waals surface area contributed by atoms with E-state index in [9.17, 15) is 9.59 Å². The van der Waals surface area contributed by atoms with E-state index in [-0.39, 0.29) is 11.3 Å². The number of aromatic nitrogens is 2. The first-order chi connectivity index (χ1) is 19.4. The van der Waals surface area contributed by atoms with E-state index in [4.69, 9.17) is 23.7 Å². The van der Waals surface area contributed by atoms with Gasteiger partial charge in [0.2, 0.25) is 0 Å². The first kappa shape index (κ1) is 25.6. The molecule has 200 valence electrons. The highest BCUT2D eigenvalue weighted by Crippen LogP contribution is 2.38. The van der Waals surface area contributed by atoms with E-state index in [2.05, 4.69) is 15.9 Å². The Kier molecular flexibility index (Phi) is 6.51. The van der Waals surface area contributed by atoms with Gasteiger partial charge in [0.05, 0.1) is 32.6 Å². The van der Waals surface area contributed by atoms with Crippen molar-refractivity contribution in [3.05, 3.63) is 104 Å². The van der Waals surface area contributed by atoms with Crippen molar-refractivity contribution in [1.29, 1.82) is 0 Å². The number of methoxy groups -OCH3 is 3. The van der Waals surface area contributed by atoms with E-state index in [1.165, 1.54) is 7.11 Å². The molecule has 0 radical (unpaired) electrons. The number of hydrogen-bond donors (Lipinski definition) is 0. The van der Waals surface area contributed by atoms with Crippen LogP contribution in [0.3, 0.4) is 0 Å². The molecule has 2 aromatic heterocycles. The molecular weight excluding hydrogens is 576 g/mol. The van der Waals surface area contributed by atoms with Gasteiger partial charge in [0.1, 0.15) is 17.0 Å². The number of carbonyl (C=O) groups is 1. The summed E-state index contributed by atoms with van der Waals surface area (Å²) < 4.78 is 24.3. The average Bonchev–Trinajstić information content (AvgIpc) is 3.52. The first-order valence-electron chi connectivity index (χ1n) is 12.4. The second-order valence-corrected chi connectivity index (χ2v) is 10.2. The van der Waals surface area contributed by atoms with Crippen LogP contribution in [0.1, 0.15) is 21.5 Å². The molecule has 0 aliphatic heterocycles. The maximum absolute atomic E-state index is 13.5. The highest BCUT2D eigenvalue weighted by atomic mass is 79.9. The van der Waals surface area contributed by atoms with Crippen LogP contribution in [0.2, 0.25) is 0 Å². The third kappa shape index (κ3) is 4.48. The number of rotatable bonds is 6. The number of fused-ring (bicyclic) bond motifs is 2. The predicted octanol–water partition coefficient (Wildman–Crippen LogP) is 6.26. The maximum Gasteiger partial charge on any atom is 0.345 e. The Morgan fingerprint density at radius 1 is 0.900 bits per heavy atom. The molecule has 1 aliphatic carbocycles. The SMILES string of the molecule is COc1ccc(-n2cc(/C=C3/Cc4cc(OC)c(OC)cc4C3=O)c(-c3cc4cc(Br)ccc4oc3=O)n2)cc1. The summed E-state index contributed by atoms with van der Waals surface area (Å²) in [4.78, 5) is 26.6. The summed E-state index contributed by atoms with van der Waals surface area (Å²) in [6.45, 7) is 0. The lowest BCUT2D eigenvalue weighted by Crippen LogP contribution is -2.05. The largest absolute Gasteiger partial charge is 0.497 e. The van der Waals surface area contributed by atoms with Crippen LogP contribution < -0.4 is 19.8 Å². The van der Waals surface area contributed by atoms with Gasteiger partial charge in [-0.25, -0.2) is 9.48 Å². The minimum absolute atomic E-state index is 0.117. The Labute approximate surface area is 237 Å². The molecule has 0 amide bonds. The van der Waals surface area contributed by atoms with Crippen LogP contribution in [-0.4, -0.2) is 36.9 Å². The molecule has 2 heterocycles. The number of halogens is 1. The van der Waals surface area contributed by atoms with Crippen molar-refractivity contribution in [2.45, 2.75) is 6.42 Å². The molecule has 6 rings (SSSR count). The molecule has 3 aromatic carbocycles. The zero-order valence-electron chi connectivity index (χ0n) is 21.9. The zero-order valence-corrected chi connectivity index (χ0v) is 23.4. The van der Waals surface area contributed by atoms with Crippen molar-refractivity contribution in [3.63, 3.8) is 0 Å². The molecular formula is C31H23BrN2O6. The van der Waals surface area contributed by atoms with E-state index in [1.54, 1.807) is 49.4 Å². The molecule has 40 heavy (non-hydrogen) atoms. The van der Waals surface area contributed by atoms with Crippen molar-refractivity contribution >= 4 is 38.8 Å². The molecule has 0 atom stereocenters. The molecule has 0 saturated heterocycles. The summed E-state index contributed by atoms with van der Waals surface area (Å²) in [5.74, 6) is 1.64. The maximum atomic E-state index is 13.5. The number of ether oxygens (including phenoxy) is 3. The second kappa shape index (κ2) is 10.2. The fraction of sp³-hybridized carbons (Fsp3) is 0.129. The van der Waals surface area contributed by atoms with Gasteiger partial charge < -0.3 is 18.6 Å². The van der Waals surface area contributed by atoms with Crippen LogP contribution in [0.25, 0.3) is 34.0 Å². The molecule has 5 aromatic rings. The normalized spacial score (nSPS) is 13.6. The van der Waals surface area contributed by atoms with Crippen molar-refractivity contribution in [1.82, 2.24) is 9.78 Å². The summed E-state index contributed by atoms with van der Waals surface area (Å²) in [6.07, 6.45) is 3.99. The van der Waals surface area contributed by atoms with Crippen LogP contribution in [0.4, 0.5) is 0 Å². The summed E-state index contributed by atoms with van der Waals surface area (Å²) in [7, 11) is 4.70. The molecule has 0 saturated carbocycles. The smallest absolute Gasteiger partial charge is 0.345 e. The van der Waals surface area contributed by atoms with E-state index in [0.29, 0.717) is 51.6 Å². The van der Waals surface area contributed by atoms with Crippen LogP contribution in [-0.2, 0) is 6.42 Å². The highest BCUT2D eigenvalue weighted by Gasteiger charge is 2.28. The van der Waals surface area contributed by atoms with Crippen LogP contribution in [0.15, 0.2) is 86.1 Å². The van der Waals surface area contributed by atoms with Crippen molar-refractivity contribution < 1.29 is 23.4 Å². The Balaban J connectivity index is 1.51. The van der Waals surface area contributed by atoms with E-state index in [0.717, 1.165) is 21.1 Å². The molecule has 1 aliphatic rings. The van der Waals surface area contributed by atoms with Gasteiger partial charge in [-0.15, -0.1) is 0 Å². The number of allylic oxidation sites excluding steroid dienone is 1. The van der Waals surface area contributed by atoms with Crippen molar-refractivity contribution in [2.75, 3.05) is 21.3 Å². The van der Waals surface area contributed by atoms with Crippen LogP contribution >= 0.6 is 15.9 Å². The summed E-state index contributed by atoms with van der Waals surface area (Å²) in [6, 6.07) is 18.1. The third-order valence-corrected chi connectivity index (χ3v) is 7.38. The highest BCUT2D eigenvalue weighted by molar-refractivity contribution is 9.10. The monoisotopic (exact) mass is 598 g/mol. The van der Waals surface area contributed by atoms with Gasteiger partial charge in [-0.05, 0) is 72.3 Å². The van der Waals surface area contributed by atoms with Crippen LogP contribution in [0, 0.1) is 0 Å². The topological polar surface area (TPSA) is 92.8 Å². The number of ketones is 1. The van der Waals surface area contributed by atoms with Gasteiger partial charge in [-0.1, -0.05) is 15.9 Å². The van der Waals surface area contributed by atoms with E-state index in [1.807, 2.05) is 42.5 Å². The minimum atomic E-state index is -0.523. The lowest BCUT2D eigenvalue weighted by molar-refractivity contribution is 0.104. The van der Waals surface area contributed by atoms with Gasteiger partial charge in [0, 0.05) is 39.2 Å². The van der Waals surface area contributed by atoms with Gasteiger partial charge in [0.15, 0.2) is 17.3 Å². The Bertz CT molecular complexity index is 1890. The third-order valence-electron chi connectivity index (χ3n) is 6.89. The number of hydrogen-bond acceptors (Lipinski definition) is 7. The molecule has 0 spiro atoms. The number of carbonyl (C=O) groups excluding carboxylic acids is 1. The minimum Gasteiger partial charge on any atom is -0.497 e. The molecule has 9 heteroatoms. The molecule has 0 N–H and O–H groups in total. The number of Topliss-reactive ketones (excluding diaryl/α,β-unsaturated/α-hetero) is 1. The quantitative estimate of drug-likeness (QED) is 0.168. The molecule has 0 fully saturated rings. The van der Waals surface area contributed by atoms with Gasteiger partial charge in [-0.2, -0.15) is 5.10 Å². The Morgan fingerprint density at radius 3 is 2.38 bits per heavy atom. The molecule has 0 bridgehead atoms. The number of nitrogens with zero attached hydrogens (tertiary/aromatic N) is 2. The lowest BCUT2D eigenvalue weighted by Gasteiger charge is -2.08. The van der Waals surface area contributed by atoms with Crippen molar-refractivity contribution in [2.24, 2.45) is 0 Å². The summed E-state index contributed by atoms with van der Waals surface area (Å²) >= 11 is 3.48. The number of benzene rings is 3. The van der Waals surface area contributed by atoms with E-state index < -0.39 is 5.63 Å². The van der Waals surface area contributed by atoms with Crippen molar-refractivity contribution in [3.8, 4) is 34.2 Å². The molecule has 0 unspecified atom stereocenters. The van der Waals surface area contributed by atoms with E-state index >= 15 is 0 Å². The van der Waals surface area contributed by atoms with Crippen LogP contribution in [0.5, 0.6) is 17.2 Å². The standard InChI is InChI=1S/C31H23BrN2O6/c1-37-23-7-5-22(6-8-23)34-16-20(11-19-10-17-14-27(38-2)28(39-3)15-24(17)30(19)35)29(33-34)25-13-18-12-21(32)4-9-26(18)40-31(25)36/h4-9,11-16H,10H2,1-3H3/b19-11-. The summed E-state index contributed by atoms with van der Waals surface area (Å²) in [5.41, 5.74) is 3.96. The van der Waals surface area contributed by atoms with Gasteiger partial charge in [0.25, 0.3) is 0 Å². The van der Waals surface area contributed by atoms with Gasteiger partial charge >= 0.3 is 5.63 Å². The molecule has 8 nitrogen and oxygen atoms in total. The summed E-state index contributed by atoms with van der Waals surface area (Å²) in [5, 5.41) is 5.52. The van der Waals surface area contributed by atoms with Gasteiger partial charge in [-0.3, -0.25) is 4.79 Å². The Hall–Kier alpha value is -4.63. The Morgan fingerprint density at radius 2 is 1.65 bits per heavy atom. The second-order valence-electron chi connectivity index (χ2n) is 9.25. The average molecular weight is 599 g/mol. The first-order valence-corrected chi connectivity index (χ1v) is 13.2. The lowest BCUT2D eigenvalue weighted by atomic mass is 10.0.